The first-order valence-electron chi connectivity index (χ1n) is 11.2. The largest absolute Gasteiger partial charge is 0.481 e. The lowest BCUT2D eigenvalue weighted by Crippen LogP contribution is -2.36. The van der Waals surface area contributed by atoms with Gasteiger partial charge in [0.25, 0.3) is 5.91 Å². The Kier molecular flexibility index (Phi) is 6.96. The van der Waals surface area contributed by atoms with E-state index in [1.807, 2.05) is 43.3 Å². The number of carbonyl (C=O) groups is 3. The number of amides is 2. The molecule has 4 rings (SSSR count). The average Bonchev–Trinajstić information content (AvgIpc) is 3.40. The van der Waals surface area contributed by atoms with Crippen LogP contribution in [0.3, 0.4) is 0 Å². The summed E-state index contributed by atoms with van der Waals surface area (Å²) < 4.78 is 10.8. The van der Waals surface area contributed by atoms with E-state index in [1.165, 1.54) is 12.3 Å². The molecule has 0 aliphatic heterocycles. The van der Waals surface area contributed by atoms with Crippen LogP contribution in [-0.2, 0) is 9.53 Å². The molecule has 0 saturated carbocycles. The lowest BCUT2D eigenvalue weighted by molar-refractivity contribution is -0.137. The van der Waals surface area contributed by atoms with E-state index in [4.69, 9.17) is 14.3 Å². The number of carboxylic acids is 1. The van der Waals surface area contributed by atoms with Crippen LogP contribution >= 0.6 is 0 Å². The summed E-state index contributed by atoms with van der Waals surface area (Å²) in [7, 11) is 0. The molecule has 0 spiro atoms. The number of furan rings is 1. The van der Waals surface area contributed by atoms with Gasteiger partial charge >= 0.3 is 12.1 Å². The first-order chi connectivity index (χ1) is 16.5. The molecule has 1 aliphatic carbocycles. The normalized spacial score (nSPS) is 13.0. The van der Waals surface area contributed by atoms with Gasteiger partial charge in [0.15, 0.2) is 0 Å². The molecule has 1 atom stereocenters. The van der Waals surface area contributed by atoms with Gasteiger partial charge in [-0.25, -0.2) is 4.79 Å². The molecule has 8 heteroatoms. The third-order valence-electron chi connectivity index (χ3n) is 5.85. The molecule has 1 heterocycles. The highest BCUT2D eigenvalue weighted by atomic mass is 16.5. The van der Waals surface area contributed by atoms with Crippen molar-refractivity contribution < 1.29 is 28.6 Å². The van der Waals surface area contributed by atoms with Crippen LogP contribution in [0.4, 0.5) is 10.5 Å². The number of benzene rings is 2. The van der Waals surface area contributed by atoms with E-state index in [0.717, 1.165) is 22.3 Å². The number of hydrogen-bond acceptors (Lipinski definition) is 5. The first-order valence-corrected chi connectivity index (χ1v) is 11.2. The van der Waals surface area contributed by atoms with E-state index < -0.39 is 24.0 Å². The predicted molar refractivity (Wildman–Crippen MR) is 126 cm³/mol. The topological polar surface area (TPSA) is 118 Å². The van der Waals surface area contributed by atoms with Gasteiger partial charge in [0.2, 0.25) is 5.76 Å². The summed E-state index contributed by atoms with van der Waals surface area (Å²) in [6.07, 6.45) is 1.58. The fraction of sp³-hybridized carbons (Fsp3) is 0.269. The standard InChI is InChI=1S/C26H26N2O6/c1-2-7-16(14-23(29)30)27-25(31)24-22(12-13-33-24)28-26(32)34-15-21-19-10-5-3-8-17(19)18-9-4-6-11-20(18)21/h3-6,8-13,16,21H,2,7,14-15H2,1H3,(H,27,31)(H,28,32)(H,29,30)/t16-/m1/s1. The van der Waals surface area contributed by atoms with E-state index in [2.05, 4.69) is 22.8 Å². The van der Waals surface area contributed by atoms with E-state index in [-0.39, 0.29) is 30.4 Å². The van der Waals surface area contributed by atoms with Crippen molar-refractivity contribution in [3.05, 3.63) is 77.7 Å². The summed E-state index contributed by atoms with van der Waals surface area (Å²) in [5.74, 6) is -1.80. The number of ether oxygens (including phenoxy) is 1. The molecular formula is C26H26N2O6. The zero-order valence-electron chi connectivity index (χ0n) is 18.7. The lowest BCUT2D eigenvalue weighted by Gasteiger charge is -2.16. The summed E-state index contributed by atoms with van der Waals surface area (Å²) >= 11 is 0. The second-order valence-corrected chi connectivity index (χ2v) is 8.17. The fourth-order valence-electron chi connectivity index (χ4n) is 4.36. The van der Waals surface area contributed by atoms with Gasteiger partial charge in [0.05, 0.1) is 18.4 Å². The summed E-state index contributed by atoms with van der Waals surface area (Å²) in [4.78, 5) is 36.2. The smallest absolute Gasteiger partial charge is 0.411 e. The number of carbonyl (C=O) groups excluding carboxylic acids is 2. The number of hydrogen-bond donors (Lipinski definition) is 3. The number of fused-ring (bicyclic) bond motifs is 3. The van der Waals surface area contributed by atoms with Gasteiger partial charge in [-0.3, -0.25) is 14.9 Å². The number of rotatable bonds is 9. The van der Waals surface area contributed by atoms with E-state index in [9.17, 15) is 14.4 Å². The molecule has 1 aromatic heterocycles. The second-order valence-electron chi connectivity index (χ2n) is 8.17. The quantitative estimate of drug-likeness (QED) is 0.411. The zero-order chi connectivity index (χ0) is 24.1. The van der Waals surface area contributed by atoms with Crippen LogP contribution in [-0.4, -0.2) is 35.7 Å². The summed E-state index contributed by atoms with van der Waals surface area (Å²) in [6, 6.07) is 17.0. The van der Waals surface area contributed by atoms with Crippen molar-refractivity contribution in [2.75, 3.05) is 11.9 Å². The van der Waals surface area contributed by atoms with Crippen LogP contribution in [0.5, 0.6) is 0 Å². The number of anilines is 1. The molecule has 3 aromatic rings. The highest BCUT2D eigenvalue weighted by Crippen LogP contribution is 2.44. The Balaban J connectivity index is 1.40. The Hall–Kier alpha value is -4.07. The molecule has 3 N–H and O–H groups in total. The Morgan fingerprint density at radius 3 is 2.29 bits per heavy atom. The lowest BCUT2D eigenvalue weighted by atomic mass is 9.98. The third kappa shape index (κ3) is 4.96. The molecule has 0 fully saturated rings. The van der Waals surface area contributed by atoms with Crippen molar-refractivity contribution in [1.29, 1.82) is 0 Å². The molecule has 34 heavy (non-hydrogen) atoms. The maximum absolute atomic E-state index is 12.6. The average molecular weight is 463 g/mol. The van der Waals surface area contributed by atoms with Crippen LogP contribution in [0.15, 0.2) is 65.3 Å². The summed E-state index contributed by atoms with van der Waals surface area (Å²) in [6.45, 7) is 2.04. The number of aliphatic carboxylic acids is 1. The maximum atomic E-state index is 12.6. The van der Waals surface area contributed by atoms with Crippen molar-refractivity contribution in [3.8, 4) is 11.1 Å². The monoisotopic (exact) mass is 462 g/mol. The first kappa shape index (κ1) is 23.1. The van der Waals surface area contributed by atoms with Crippen LogP contribution in [0.25, 0.3) is 11.1 Å². The minimum absolute atomic E-state index is 0.0870. The molecule has 2 amide bonds. The van der Waals surface area contributed by atoms with Crippen molar-refractivity contribution in [3.63, 3.8) is 0 Å². The number of carboxylic acid groups (broad SMARTS) is 1. The summed E-state index contributed by atoms with van der Waals surface area (Å²) in [5.41, 5.74) is 4.61. The van der Waals surface area contributed by atoms with E-state index >= 15 is 0 Å². The van der Waals surface area contributed by atoms with Crippen molar-refractivity contribution in [1.82, 2.24) is 5.32 Å². The third-order valence-corrected chi connectivity index (χ3v) is 5.85. The Morgan fingerprint density at radius 2 is 1.68 bits per heavy atom. The Bertz CT molecular complexity index is 1160. The van der Waals surface area contributed by atoms with Gasteiger partial charge in [-0.1, -0.05) is 61.9 Å². The van der Waals surface area contributed by atoms with Gasteiger partial charge in [-0.15, -0.1) is 0 Å². The zero-order valence-corrected chi connectivity index (χ0v) is 18.7. The fourth-order valence-corrected chi connectivity index (χ4v) is 4.36. The van der Waals surface area contributed by atoms with Crippen LogP contribution in [0, 0.1) is 0 Å². The highest BCUT2D eigenvalue weighted by molar-refractivity contribution is 6.00. The molecule has 176 valence electrons. The predicted octanol–water partition coefficient (Wildman–Crippen LogP) is 5.01. The molecular weight excluding hydrogens is 436 g/mol. The van der Waals surface area contributed by atoms with Crippen LogP contribution in [0.1, 0.15) is 53.8 Å². The highest BCUT2D eigenvalue weighted by Gasteiger charge is 2.29. The van der Waals surface area contributed by atoms with Gasteiger partial charge in [-0.05, 0) is 28.7 Å². The van der Waals surface area contributed by atoms with Crippen molar-refractivity contribution in [2.45, 2.75) is 38.1 Å². The van der Waals surface area contributed by atoms with Gasteiger partial charge in [0, 0.05) is 18.0 Å². The Labute approximate surface area is 196 Å². The Morgan fingerprint density at radius 1 is 1.03 bits per heavy atom. The molecule has 0 bridgehead atoms. The second kappa shape index (κ2) is 10.2. The minimum Gasteiger partial charge on any atom is -0.481 e. The molecule has 1 aliphatic rings. The van der Waals surface area contributed by atoms with Crippen LogP contribution < -0.4 is 10.6 Å². The molecule has 0 saturated heterocycles. The van der Waals surface area contributed by atoms with Gasteiger partial charge in [0.1, 0.15) is 6.61 Å². The van der Waals surface area contributed by atoms with Gasteiger partial charge in [-0.2, -0.15) is 0 Å². The molecule has 0 unspecified atom stereocenters. The van der Waals surface area contributed by atoms with Crippen molar-refractivity contribution in [2.24, 2.45) is 0 Å². The molecule has 8 nitrogen and oxygen atoms in total. The van der Waals surface area contributed by atoms with Crippen molar-refractivity contribution >= 4 is 23.7 Å². The molecule has 2 aromatic carbocycles. The van der Waals surface area contributed by atoms with Gasteiger partial charge < -0.3 is 19.6 Å². The van der Waals surface area contributed by atoms with E-state index in [0.29, 0.717) is 12.8 Å². The summed E-state index contributed by atoms with van der Waals surface area (Å²) in [5, 5.41) is 14.3. The SMILES string of the molecule is CCC[C@H](CC(=O)O)NC(=O)c1occc1NC(=O)OCC1c2ccccc2-c2ccccc21. The number of nitrogens with one attached hydrogen (secondary N) is 2. The minimum atomic E-state index is -1.00. The molecule has 0 radical (unpaired) electrons. The van der Waals surface area contributed by atoms with E-state index in [1.54, 1.807) is 0 Å². The maximum Gasteiger partial charge on any atom is 0.411 e. The van der Waals surface area contributed by atoms with Crippen LogP contribution in [0.2, 0.25) is 0 Å².